The quantitative estimate of drug-likeness (QED) is 0.884. The Bertz CT molecular complexity index is 783. The number of carbonyl (C=O) groups excluding carboxylic acids is 2. The lowest BCUT2D eigenvalue weighted by Crippen LogP contribution is -2.56. The van der Waals surface area contributed by atoms with Crippen LogP contribution < -0.4 is 5.73 Å². The fraction of sp³-hybridized carbons (Fsp3) is 0.619. The molecule has 3 aliphatic rings. The average molecular weight is 366 g/mol. The third-order valence-electron chi connectivity index (χ3n) is 7.07. The summed E-state index contributed by atoms with van der Waals surface area (Å²) in [4.78, 5) is 32.4. The molecule has 142 valence electrons. The van der Waals surface area contributed by atoms with Gasteiger partial charge in [0.2, 0.25) is 11.8 Å². The number of nitrogens with two attached hydrogens (primary N) is 1. The van der Waals surface area contributed by atoms with Crippen LogP contribution in [0, 0.1) is 28.1 Å². The number of nitriles is 1. The number of hydrogen-bond acceptors (Lipinski definition) is 4. The molecule has 27 heavy (non-hydrogen) atoms. The van der Waals surface area contributed by atoms with Crippen molar-refractivity contribution in [2.75, 3.05) is 13.1 Å². The van der Waals surface area contributed by atoms with E-state index in [0.29, 0.717) is 38.8 Å². The molecule has 3 fully saturated rings. The monoisotopic (exact) mass is 366 g/mol. The topological polar surface area (TPSA) is 100 Å². The maximum absolute atomic E-state index is 13.5. The number of aromatic nitrogens is 1. The Balaban J connectivity index is 1.59. The number of likely N-dealkylation sites (tertiary alicyclic amines) is 1. The maximum atomic E-state index is 13.5. The summed E-state index contributed by atoms with van der Waals surface area (Å²) in [5.74, 6) is -0.686. The molecule has 6 nitrogen and oxygen atoms in total. The second kappa shape index (κ2) is 6.63. The molecular formula is C21H26N4O2. The first-order chi connectivity index (χ1) is 13.0. The number of primary amides is 1. The van der Waals surface area contributed by atoms with Crippen LogP contribution in [-0.4, -0.2) is 34.8 Å². The summed E-state index contributed by atoms with van der Waals surface area (Å²) in [5, 5.41) is 9.79. The van der Waals surface area contributed by atoms with Crippen molar-refractivity contribution in [1.82, 2.24) is 9.88 Å². The molecule has 6 heteroatoms. The number of hydrogen-bond donors (Lipinski definition) is 1. The van der Waals surface area contributed by atoms with Gasteiger partial charge in [0.1, 0.15) is 0 Å². The molecule has 2 amide bonds. The van der Waals surface area contributed by atoms with Crippen LogP contribution in [-0.2, 0) is 9.59 Å². The SMILES string of the molecule is N#CC1(C2(C(N)=O)CCCCC2C(=O)N2CCC(c3ccccn3)C2)CC1. The van der Waals surface area contributed by atoms with Crippen LogP contribution >= 0.6 is 0 Å². The number of nitrogens with zero attached hydrogens (tertiary/aromatic N) is 3. The van der Waals surface area contributed by atoms with Crippen LogP contribution in [0.15, 0.2) is 24.4 Å². The molecule has 3 unspecified atom stereocenters. The second-order valence-corrected chi connectivity index (χ2v) is 8.35. The number of carbonyl (C=O) groups is 2. The van der Waals surface area contributed by atoms with Gasteiger partial charge in [-0.3, -0.25) is 14.6 Å². The van der Waals surface area contributed by atoms with Crippen molar-refractivity contribution in [3.05, 3.63) is 30.1 Å². The van der Waals surface area contributed by atoms with Crippen molar-refractivity contribution in [2.24, 2.45) is 22.5 Å². The van der Waals surface area contributed by atoms with Crippen molar-refractivity contribution >= 4 is 11.8 Å². The molecule has 0 radical (unpaired) electrons. The standard InChI is InChI=1S/C21H26N4O2/c22-14-20(9-10-20)21(19(23)27)8-3-1-5-16(21)18(26)25-12-7-15(13-25)17-6-2-4-11-24-17/h2,4,6,11,15-16H,1,3,5,7-10,12-13H2,(H2,23,27). The molecule has 1 saturated heterocycles. The van der Waals surface area contributed by atoms with Gasteiger partial charge in [-0.05, 0) is 44.2 Å². The highest BCUT2D eigenvalue weighted by Gasteiger charge is 2.68. The highest BCUT2D eigenvalue weighted by molar-refractivity contribution is 5.92. The molecule has 4 rings (SSSR count). The Morgan fingerprint density at radius 2 is 2.04 bits per heavy atom. The van der Waals surface area contributed by atoms with Crippen molar-refractivity contribution in [3.63, 3.8) is 0 Å². The Morgan fingerprint density at radius 1 is 1.22 bits per heavy atom. The zero-order valence-corrected chi connectivity index (χ0v) is 15.6. The Labute approximate surface area is 159 Å². The third-order valence-corrected chi connectivity index (χ3v) is 7.07. The number of pyridine rings is 1. The first kappa shape index (κ1) is 18.0. The molecular weight excluding hydrogens is 340 g/mol. The summed E-state index contributed by atoms with van der Waals surface area (Å²) in [6.07, 6.45) is 6.97. The lowest BCUT2D eigenvalue weighted by Gasteiger charge is -2.45. The summed E-state index contributed by atoms with van der Waals surface area (Å²) in [6, 6.07) is 8.23. The van der Waals surface area contributed by atoms with Gasteiger partial charge < -0.3 is 10.6 Å². The minimum Gasteiger partial charge on any atom is -0.369 e. The van der Waals surface area contributed by atoms with Gasteiger partial charge >= 0.3 is 0 Å². The highest BCUT2D eigenvalue weighted by Crippen LogP contribution is 2.65. The van der Waals surface area contributed by atoms with Gasteiger partial charge in [0.05, 0.1) is 22.8 Å². The first-order valence-electron chi connectivity index (χ1n) is 9.95. The zero-order chi connectivity index (χ0) is 19.1. The molecule has 1 aliphatic heterocycles. The maximum Gasteiger partial charge on any atom is 0.226 e. The lowest BCUT2D eigenvalue weighted by atomic mass is 9.57. The summed E-state index contributed by atoms with van der Waals surface area (Å²) in [5.41, 5.74) is 5.15. The fourth-order valence-electron chi connectivity index (χ4n) is 5.43. The largest absolute Gasteiger partial charge is 0.369 e. The summed E-state index contributed by atoms with van der Waals surface area (Å²) >= 11 is 0. The van der Waals surface area contributed by atoms with E-state index >= 15 is 0 Å². The van der Waals surface area contributed by atoms with E-state index in [4.69, 9.17) is 5.73 Å². The Kier molecular flexibility index (Phi) is 4.41. The molecule has 2 aliphatic carbocycles. The Hall–Kier alpha value is -2.42. The van der Waals surface area contributed by atoms with Gasteiger partial charge in [0.25, 0.3) is 0 Å². The number of rotatable bonds is 4. The molecule has 1 aromatic heterocycles. The molecule has 0 bridgehead atoms. The van der Waals surface area contributed by atoms with Gasteiger partial charge in [-0.2, -0.15) is 5.26 Å². The molecule has 0 spiro atoms. The molecule has 2 heterocycles. The van der Waals surface area contributed by atoms with Crippen LogP contribution in [0.4, 0.5) is 0 Å². The fourth-order valence-corrected chi connectivity index (χ4v) is 5.43. The minimum atomic E-state index is -1.000. The second-order valence-electron chi connectivity index (χ2n) is 8.35. The predicted molar refractivity (Wildman–Crippen MR) is 99.0 cm³/mol. The van der Waals surface area contributed by atoms with Crippen LogP contribution in [0.1, 0.15) is 56.6 Å². The van der Waals surface area contributed by atoms with E-state index in [1.807, 2.05) is 23.1 Å². The van der Waals surface area contributed by atoms with E-state index in [0.717, 1.165) is 25.0 Å². The molecule has 2 N–H and O–H groups in total. The first-order valence-corrected chi connectivity index (χ1v) is 9.95. The summed E-state index contributed by atoms with van der Waals surface area (Å²) in [6.45, 7) is 1.30. The van der Waals surface area contributed by atoms with E-state index in [9.17, 15) is 14.9 Å². The predicted octanol–water partition coefficient (Wildman–Crippen LogP) is 2.36. The van der Waals surface area contributed by atoms with E-state index in [1.165, 1.54) is 0 Å². The van der Waals surface area contributed by atoms with Gasteiger partial charge in [-0.25, -0.2) is 0 Å². The van der Waals surface area contributed by atoms with Gasteiger partial charge in [-0.15, -0.1) is 0 Å². The van der Waals surface area contributed by atoms with E-state index in [2.05, 4.69) is 11.1 Å². The average Bonchev–Trinajstić information content (AvgIpc) is 3.36. The molecule has 1 aromatic rings. The van der Waals surface area contributed by atoms with Crippen molar-refractivity contribution < 1.29 is 9.59 Å². The van der Waals surface area contributed by atoms with Crippen molar-refractivity contribution in [1.29, 1.82) is 5.26 Å². The molecule has 3 atom stereocenters. The molecule has 2 saturated carbocycles. The van der Waals surface area contributed by atoms with E-state index in [-0.39, 0.29) is 11.8 Å². The van der Waals surface area contributed by atoms with Gasteiger partial charge in [-0.1, -0.05) is 18.9 Å². The highest BCUT2D eigenvalue weighted by atomic mass is 16.2. The van der Waals surface area contributed by atoms with Crippen molar-refractivity contribution in [3.8, 4) is 6.07 Å². The van der Waals surface area contributed by atoms with Crippen LogP contribution in [0.2, 0.25) is 0 Å². The summed E-state index contributed by atoms with van der Waals surface area (Å²) in [7, 11) is 0. The van der Waals surface area contributed by atoms with Crippen molar-refractivity contribution in [2.45, 2.75) is 50.9 Å². The third kappa shape index (κ3) is 2.72. The van der Waals surface area contributed by atoms with Gasteiger partial charge in [0, 0.05) is 30.9 Å². The van der Waals surface area contributed by atoms with Crippen LogP contribution in [0.3, 0.4) is 0 Å². The smallest absolute Gasteiger partial charge is 0.226 e. The van der Waals surface area contributed by atoms with Crippen LogP contribution in [0.5, 0.6) is 0 Å². The number of amides is 2. The van der Waals surface area contributed by atoms with E-state index in [1.54, 1.807) is 6.20 Å². The van der Waals surface area contributed by atoms with E-state index < -0.39 is 22.7 Å². The lowest BCUT2D eigenvalue weighted by molar-refractivity contribution is -0.153. The zero-order valence-electron chi connectivity index (χ0n) is 15.6. The van der Waals surface area contributed by atoms with Gasteiger partial charge in [0.15, 0.2) is 0 Å². The minimum absolute atomic E-state index is 0.00783. The Morgan fingerprint density at radius 3 is 2.67 bits per heavy atom. The van der Waals surface area contributed by atoms with Crippen LogP contribution in [0.25, 0.3) is 0 Å². The summed E-state index contributed by atoms with van der Waals surface area (Å²) < 4.78 is 0. The molecule has 0 aromatic carbocycles. The normalized spacial score (nSPS) is 31.9.